The van der Waals surface area contributed by atoms with Gasteiger partial charge in [-0.15, -0.1) is 0 Å². The maximum Gasteiger partial charge on any atom is 0.250 e. The first-order valence-electron chi connectivity index (χ1n) is 9.16. The van der Waals surface area contributed by atoms with Gasteiger partial charge in [0.25, 0.3) is 5.91 Å². The standard InChI is InChI=1S/C21H30N2O2/c1-4-5-6-8-17-9-11-18(12-10-17)20-15-19(21(22)24)16(2)23(20)13-7-14-25-3/h9-12,15H,4-8,13-14H2,1-3H3,(H2,22,24). The van der Waals surface area contributed by atoms with Crippen LogP contribution in [0.5, 0.6) is 0 Å². The fourth-order valence-electron chi connectivity index (χ4n) is 3.21. The highest BCUT2D eigenvalue weighted by molar-refractivity contribution is 5.95. The molecule has 1 heterocycles. The van der Waals surface area contributed by atoms with Crippen LogP contribution in [0, 0.1) is 6.92 Å². The van der Waals surface area contributed by atoms with Crippen molar-refractivity contribution in [1.29, 1.82) is 0 Å². The summed E-state index contributed by atoms with van der Waals surface area (Å²) < 4.78 is 7.33. The third kappa shape index (κ3) is 4.95. The first kappa shape index (κ1) is 19.3. The largest absolute Gasteiger partial charge is 0.385 e. The molecule has 0 radical (unpaired) electrons. The van der Waals surface area contributed by atoms with Crippen molar-refractivity contribution in [3.05, 3.63) is 47.2 Å². The Balaban J connectivity index is 2.26. The number of aryl methyl sites for hydroxylation is 1. The monoisotopic (exact) mass is 342 g/mol. The first-order chi connectivity index (χ1) is 12.1. The maximum absolute atomic E-state index is 11.7. The minimum atomic E-state index is -0.375. The number of hydrogen-bond donors (Lipinski definition) is 1. The number of aromatic nitrogens is 1. The number of nitrogens with zero attached hydrogens (tertiary/aromatic N) is 1. The van der Waals surface area contributed by atoms with E-state index < -0.39 is 0 Å². The molecule has 4 heteroatoms. The minimum Gasteiger partial charge on any atom is -0.385 e. The zero-order valence-corrected chi connectivity index (χ0v) is 15.7. The number of nitrogens with two attached hydrogens (primary N) is 1. The van der Waals surface area contributed by atoms with Crippen LogP contribution in [0.15, 0.2) is 30.3 Å². The lowest BCUT2D eigenvalue weighted by Gasteiger charge is -2.12. The SMILES string of the molecule is CCCCCc1ccc(-c2cc(C(N)=O)c(C)n2CCCOC)cc1. The predicted octanol–water partition coefficient (Wildman–Crippen LogP) is 4.33. The van der Waals surface area contributed by atoms with Gasteiger partial charge < -0.3 is 15.0 Å². The molecule has 0 aliphatic rings. The number of unbranched alkanes of at least 4 members (excludes halogenated alkanes) is 2. The molecule has 0 fully saturated rings. The lowest BCUT2D eigenvalue weighted by atomic mass is 10.0. The van der Waals surface area contributed by atoms with Gasteiger partial charge in [0.05, 0.1) is 5.56 Å². The summed E-state index contributed by atoms with van der Waals surface area (Å²) in [5.41, 5.74) is 10.6. The third-order valence-electron chi connectivity index (χ3n) is 4.68. The van der Waals surface area contributed by atoms with Gasteiger partial charge in [-0.3, -0.25) is 4.79 Å². The molecule has 0 atom stereocenters. The van der Waals surface area contributed by atoms with E-state index in [2.05, 4.69) is 35.8 Å². The Morgan fingerprint density at radius 3 is 2.48 bits per heavy atom. The molecular formula is C21H30N2O2. The molecule has 2 rings (SSSR count). The van der Waals surface area contributed by atoms with Crippen molar-refractivity contribution in [2.75, 3.05) is 13.7 Å². The predicted molar refractivity (Wildman–Crippen MR) is 103 cm³/mol. The third-order valence-corrected chi connectivity index (χ3v) is 4.68. The second-order valence-electron chi connectivity index (χ2n) is 6.54. The van der Waals surface area contributed by atoms with Gasteiger partial charge in [-0.2, -0.15) is 0 Å². The molecule has 1 aromatic heterocycles. The fourth-order valence-corrected chi connectivity index (χ4v) is 3.21. The van der Waals surface area contributed by atoms with E-state index in [4.69, 9.17) is 10.5 Å². The molecule has 0 saturated carbocycles. The van der Waals surface area contributed by atoms with Crippen LogP contribution >= 0.6 is 0 Å². The van der Waals surface area contributed by atoms with Gasteiger partial charge in [0, 0.05) is 31.6 Å². The molecule has 1 amide bonds. The van der Waals surface area contributed by atoms with Crippen molar-refractivity contribution < 1.29 is 9.53 Å². The van der Waals surface area contributed by atoms with Gasteiger partial charge in [-0.05, 0) is 43.4 Å². The summed E-state index contributed by atoms with van der Waals surface area (Å²) in [5, 5.41) is 0. The van der Waals surface area contributed by atoms with E-state index in [0.29, 0.717) is 12.2 Å². The molecule has 4 nitrogen and oxygen atoms in total. The number of hydrogen-bond acceptors (Lipinski definition) is 2. The summed E-state index contributed by atoms with van der Waals surface area (Å²) in [5.74, 6) is -0.375. The highest BCUT2D eigenvalue weighted by atomic mass is 16.5. The summed E-state index contributed by atoms with van der Waals surface area (Å²) in [6, 6.07) is 10.6. The molecule has 25 heavy (non-hydrogen) atoms. The van der Waals surface area contributed by atoms with Gasteiger partial charge >= 0.3 is 0 Å². The number of amides is 1. The zero-order valence-electron chi connectivity index (χ0n) is 15.7. The highest BCUT2D eigenvalue weighted by Gasteiger charge is 2.16. The first-order valence-corrected chi connectivity index (χ1v) is 9.16. The number of carbonyl (C=O) groups excluding carboxylic acids is 1. The fraction of sp³-hybridized carbons (Fsp3) is 0.476. The van der Waals surface area contributed by atoms with Crippen LogP contribution in [0.4, 0.5) is 0 Å². The lowest BCUT2D eigenvalue weighted by Crippen LogP contribution is -2.13. The number of carbonyl (C=O) groups is 1. The average molecular weight is 342 g/mol. The summed E-state index contributed by atoms with van der Waals surface area (Å²) in [6.45, 7) is 5.68. The second-order valence-corrected chi connectivity index (χ2v) is 6.54. The van der Waals surface area contributed by atoms with Gasteiger partial charge in [0.1, 0.15) is 0 Å². The van der Waals surface area contributed by atoms with Crippen LogP contribution < -0.4 is 5.73 Å². The highest BCUT2D eigenvalue weighted by Crippen LogP contribution is 2.27. The van der Waals surface area contributed by atoms with Crippen molar-refractivity contribution in [3.8, 4) is 11.3 Å². The van der Waals surface area contributed by atoms with E-state index in [0.717, 1.165) is 36.3 Å². The molecule has 2 N–H and O–H groups in total. The molecule has 0 saturated heterocycles. The number of ether oxygens (including phenoxy) is 1. The van der Waals surface area contributed by atoms with Crippen LogP contribution in [-0.2, 0) is 17.7 Å². The Labute approximate surface area is 151 Å². The molecule has 0 aliphatic heterocycles. The molecule has 0 aliphatic carbocycles. The number of rotatable bonds is 10. The molecular weight excluding hydrogens is 312 g/mol. The molecule has 2 aromatic rings. The smallest absolute Gasteiger partial charge is 0.250 e. The summed E-state index contributed by atoms with van der Waals surface area (Å²) in [6.07, 6.45) is 5.75. The van der Waals surface area contributed by atoms with Gasteiger partial charge in [-0.25, -0.2) is 0 Å². The van der Waals surface area contributed by atoms with E-state index in [-0.39, 0.29) is 5.91 Å². The van der Waals surface area contributed by atoms with Crippen LogP contribution in [0.2, 0.25) is 0 Å². The molecule has 0 spiro atoms. The minimum absolute atomic E-state index is 0.375. The molecule has 136 valence electrons. The number of primary amides is 1. The molecule has 1 aromatic carbocycles. The van der Waals surface area contributed by atoms with E-state index in [9.17, 15) is 4.79 Å². The van der Waals surface area contributed by atoms with Gasteiger partial charge in [0.15, 0.2) is 0 Å². The number of methoxy groups -OCH3 is 1. The van der Waals surface area contributed by atoms with Gasteiger partial charge in [0.2, 0.25) is 0 Å². The Morgan fingerprint density at radius 1 is 1.16 bits per heavy atom. The van der Waals surface area contributed by atoms with Crippen molar-refractivity contribution in [3.63, 3.8) is 0 Å². The summed E-state index contributed by atoms with van der Waals surface area (Å²) in [4.78, 5) is 11.7. The van der Waals surface area contributed by atoms with Crippen LogP contribution in [-0.4, -0.2) is 24.2 Å². The van der Waals surface area contributed by atoms with Crippen molar-refractivity contribution >= 4 is 5.91 Å². The molecule has 0 unspecified atom stereocenters. The topological polar surface area (TPSA) is 57.2 Å². The van der Waals surface area contributed by atoms with Crippen molar-refractivity contribution in [2.45, 2.75) is 52.5 Å². The Kier molecular flexibility index (Phi) is 7.26. The van der Waals surface area contributed by atoms with Crippen LogP contribution in [0.3, 0.4) is 0 Å². The van der Waals surface area contributed by atoms with Gasteiger partial charge in [-0.1, -0.05) is 44.0 Å². The van der Waals surface area contributed by atoms with E-state index in [1.807, 2.05) is 13.0 Å². The average Bonchev–Trinajstić information content (AvgIpc) is 2.93. The quantitative estimate of drug-likeness (QED) is 0.653. The van der Waals surface area contributed by atoms with Crippen molar-refractivity contribution in [1.82, 2.24) is 4.57 Å². The normalized spacial score (nSPS) is 11.0. The Morgan fingerprint density at radius 2 is 1.88 bits per heavy atom. The zero-order chi connectivity index (χ0) is 18.2. The Bertz CT molecular complexity index is 687. The summed E-state index contributed by atoms with van der Waals surface area (Å²) in [7, 11) is 1.70. The number of benzene rings is 1. The van der Waals surface area contributed by atoms with E-state index in [1.54, 1.807) is 7.11 Å². The maximum atomic E-state index is 11.7. The molecule has 0 bridgehead atoms. The van der Waals surface area contributed by atoms with Crippen molar-refractivity contribution in [2.24, 2.45) is 5.73 Å². The lowest BCUT2D eigenvalue weighted by molar-refractivity contribution is 0.0999. The van der Waals surface area contributed by atoms with Crippen LogP contribution in [0.1, 0.15) is 54.2 Å². The summed E-state index contributed by atoms with van der Waals surface area (Å²) >= 11 is 0. The van der Waals surface area contributed by atoms with E-state index in [1.165, 1.54) is 24.8 Å². The second kappa shape index (κ2) is 9.42. The van der Waals surface area contributed by atoms with E-state index >= 15 is 0 Å². The van der Waals surface area contributed by atoms with Crippen LogP contribution in [0.25, 0.3) is 11.3 Å². The Hall–Kier alpha value is -2.07.